The molecule has 0 aromatic carbocycles. The van der Waals surface area contributed by atoms with Crippen molar-refractivity contribution in [1.82, 2.24) is 15.2 Å². The van der Waals surface area contributed by atoms with Gasteiger partial charge in [0.15, 0.2) is 0 Å². The topological polar surface area (TPSA) is 51.8 Å². The minimum Gasteiger partial charge on any atom is -0.414 e. The molecule has 4 nitrogen and oxygen atoms in total. The van der Waals surface area contributed by atoms with Gasteiger partial charge in [-0.15, -0.1) is 21.5 Å². The van der Waals surface area contributed by atoms with Gasteiger partial charge in [0, 0.05) is 6.20 Å². The van der Waals surface area contributed by atoms with Crippen molar-refractivity contribution in [2.24, 2.45) is 0 Å². The number of pyridine rings is 1. The molecule has 3 aromatic rings. The second-order valence-corrected chi connectivity index (χ2v) is 4.05. The molecule has 0 atom stereocenters. The number of rotatable bonds is 2. The van der Waals surface area contributed by atoms with Crippen LogP contribution in [0, 0.1) is 0 Å². The molecule has 78 valence electrons. The summed E-state index contributed by atoms with van der Waals surface area (Å²) >= 11 is 1.57. The van der Waals surface area contributed by atoms with Crippen molar-refractivity contribution < 1.29 is 4.42 Å². The molecule has 0 aliphatic heterocycles. The van der Waals surface area contributed by atoms with Gasteiger partial charge in [-0.25, -0.2) is 0 Å². The molecule has 0 spiro atoms. The van der Waals surface area contributed by atoms with Crippen LogP contribution in [0.15, 0.2) is 46.3 Å². The molecular formula is C11H7N3OS. The molecule has 0 N–H and O–H groups in total. The lowest BCUT2D eigenvalue weighted by atomic mass is 10.3. The average molecular weight is 229 g/mol. The summed E-state index contributed by atoms with van der Waals surface area (Å²) in [6.45, 7) is 0. The Morgan fingerprint density at radius 1 is 1.00 bits per heavy atom. The summed E-state index contributed by atoms with van der Waals surface area (Å²) in [5.74, 6) is 0.986. The van der Waals surface area contributed by atoms with Crippen LogP contribution in [0.5, 0.6) is 0 Å². The lowest BCUT2D eigenvalue weighted by molar-refractivity contribution is 0.583. The molecule has 5 heteroatoms. The van der Waals surface area contributed by atoms with E-state index in [1.807, 2.05) is 35.7 Å². The lowest BCUT2D eigenvalue weighted by Crippen LogP contribution is -1.80. The summed E-state index contributed by atoms with van der Waals surface area (Å²) < 4.78 is 5.54. The Morgan fingerprint density at radius 2 is 1.94 bits per heavy atom. The highest BCUT2D eigenvalue weighted by molar-refractivity contribution is 7.13. The van der Waals surface area contributed by atoms with E-state index in [0.29, 0.717) is 17.5 Å². The van der Waals surface area contributed by atoms with E-state index in [4.69, 9.17) is 4.42 Å². The van der Waals surface area contributed by atoms with Crippen molar-refractivity contribution in [3.8, 4) is 22.4 Å². The van der Waals surface area contributed by atoms with E-state index >= 15 is 0 Å². The van der Waals surface area contributed by atoms with Crippen molar-refractivity contribution in [3.63, 3.8) is 0 Å². The van der Waals surface area contributed by atoms with Gasteiger partial charge in [-0.2, -0.15) is 0 Å². The van der Waals surface area contributed by atoms with Crippen LogP contribution in [0.25, 0.3) is 22.4 Å². The summed E-state index contributed by atoms with van der Waals surface area (Å²) in [5, 5.41) is 9.93. The number of hydrogen-bond donors (Lipinski definition) is 0. The van der Waals surface area contributed by atoms with E-state index in [9.17, 15) is 0 Å². The summed E-state index contributed by atoms with van der Waals surface area (Å²) in [7, 11) is 0. The van der Waals surface area contributed by atoms with Gasteiger partial charge in [-0.05, 0) is 23.6 Å². The summed E-state index contributed by atoms with van der Waals surface area (Å²) in [6, 6.07) is 9.47. The molecule has 0 bridgehead atoms. The Balaban J connectivity index is 2.00. The van der Waals surface area contributed by atoms with Gasteiger partial charge in [0.2, 0.25) is 0 Å². The second-order valence-electron chi connectivity index (χ2n) is 3.10. The summed E-state index contributed by atoms with van der Waals surface area (Å²) in [6.07, 6.45) is 1.70. The Kier molecular flexibility index (Phi) is 2.23. The molecule has 0 amide bonds. The molecule has 0 fully saturated rings. The second kappa shape index (κ2) is 3.86. The van der Waals surface area contributed by atoms with Crippen molar-refractivity contribution in [3.05, 3.63) is 41.9 Å². The zero-order valence-electron chi connectivity index (χ0n) is 8.20. The smallest absolute Gasteiger partial charge is 0.266 e. The predicted octanol–water partition coefficient (Wildman–Crippen LogP) is 2.86. The minimum absolute atomic E-state index is 0.448. The average Bonchev–Trinajstić information content (AvgIpc) is 3.01. The largest absolute Gasteiger partial charge is 0.414 e. The van der Waals surface area contributed by atoms with Crippen molar-refractivity contribution in [2.45, 2.75) is 0 Å². The van der Waals surface area contributed by atoms with E-state index in [2.05, 4.69) is 15.2 Å². The van der Waals surface area contributed by atoms with Crippen LogP contribution in [0.4, 0.5) is 0 Å². The Labute approximate surface area is 95.6 Å². The lowest BCUT2D eigenvalue weighted by Gasteiger charge is -1.90. The number of thiophene rings is 1. The first kappa shape index (κ1) is 9.23. The fourth-order valence-electron chi connectivity index (χ4n) is 1.32. The molecule has 0 saturated carbocycles. The molecule has 0 aliphatic rings. The molecule has 0 saturated heterocycles. The van der Waals surface area contributed by atoms with Crippen molar-refractivity contribution >= 4 is 11.3 Å². The van der Waals surface area contributed by atoms with Gasteiger partial charge in [0.1, 0.15) is 5.69 Å². The molecule has 3 heterocycles. The normalized spacial score (nSPS) is 10.5. The molecule has 0 unspecified atom stereocenters. The third kappa shape index (κ3) is 1.61. The highest BCUT2D eigenvalue weighted by atomic mass is 32.1. The zero-order valence-corrected chi connectivity index (χ0v) is 9.02. The number of hydrogen-bond acceptors (Lipinski definition) is 5. The van der Waals surface area contributed by atoms with E-state index in [1.54, 1.807) is 17.5 Å². The van der Waals surface area contributed by atoms with Crippen LogP contribution in [-0.4, -0.2) is 15.2 Å². The monoisotopic (exact) mass is 229 g/mol. The third-order valence-electron chi connectivity index (χ3n) is 2.04. The van der Waals surface area contributed by atoms with Gasteiger partial charge in [0.05, 0.1) is 4.88 Å². The van der Waals surface area contributed by atoms with Crippen LogP contribution in [0.2, 0.25) is 0 Å². The number of nitrogens with zero attached hydrogens (tertiary/aromatic N) is 3. The van der Waals surface area contributed by atoms with E-state index in [-0.39, 0.29) is 0 Å². The van der Waals surface area contributed by atoms with Crippen molar-refractivity contribution in [2.75, 3.05) is 0 Å². The van der Waals surface area contributed by atoms with Gasteiger partial charge >= 0.3 is 0 Å². The number of aromatic nitrogens is 3. The van der Waals surface area contributed by atoms with E-state index in [0.717, 1.165) is 4.88 Å². The first-order valence-corrected chi connectivity index (χ1v) is 5.60. The van der Waals surface area contributed by atoms with Crippen LogP contribution >= 0.6 is 11.3 Å². The maximum Gasteiger partial charge on any atom is 0.266 e. The quantitative estimate of drug-likeness (QED) is 0.678. The van der Waals surface area contributed by atoms with Gasteiger partial charge < -0.3 is 4.42 Å². The van der Waals surface area contributed by atoms with Gasteiger partial charge in [-0.3, -0.25) is 4.98 Å². The summed E-state index contributed by atoms with van der Waals surface area (Å²) in [4.78, 5) is 5.12. The van der Waals surface area contributed by atoms with Gasteiger partial charge in [0.25, 0.3) is 11.8 Å². The maximum atomic E-state index is 5.54. The Hall–Kier alpha value is -2.01. The molecule has 0 radical (unpaired) electrons. The SMILES string of the molecule is c1ccc(-c2nnc(-c3cccs3)o2)nc1. The minimum atomic E-state index is 0.448. The molecule has 0 aliphatic carbocycles. The fourth-order valence-corrected chi connectivity index (χ4v) is 1.96. The fraction of sp³-hybridized carbons (Fsp3) is 0. The predicted molar refractivity (Wildman–Crippen MR) is 60.8 cm³/mol. The van der Waals surface area contributed by atoms with Crippen LogP contribution in [0.1, 0.15) is 0 Å². The molecule has 16 heavy (non-hydrogen) atoms. The highest BCUT2D eigenvalue weighted by Gasteiger charge is 2.11. The first-order valence-electron chi connectivity index (χ1n) is 4.72. The third-order valence-corrected chi connectivity index (χ3v) is 2.90. The maximum absolute atomic E-state index is 5.54. The zero-order chi connectivity index (χ0) is 10.8. The summed E-state index contributed by atoms with van der Waals surface area (Å²) in [5.41, 5.74) is 0.692. The van der Waals surface area contributed by atoms with E-state index in [1.165, 1.54) is 0 Å². The van der Waals surface area contributed by atoms with Crippen LogP contribution < -0.4 is 0 Å². The Bertz CT molecular complexity index is 574. The van der Waals surface area contributed by atoms with Crippen LogP contribution in [0.3, 0.4) is 0 Å². The van der Waals surface area contributed by atoms with Crippen molar-refractivity contribution in [1.29, 1.82) is 0 Å². The molecule has 3 aromatic heterocycles. The first-order chi connectivity index (χ1) is 7.93. The van der Waals surface area contributed by atoms with E-state index < -0.39 is 0 Å². The highest BCUT2D eigenvalue weighted by Crippen LogP contribution is 2.25. The Morgan fingerprint density at radius 3 is 2.69 bits per heavy atom. The standard InChI is InChI=1S/C11H7N3OS/c1-2-6-12-8(4-1)10-13-14-11(15-10)9-5-3-7-16-9/h1-7H. The van der Waals surface area contributed by atoms with Crippen LogP contribution in [-0.2, 0) is 0 Å². The molecule has 3 rings (SSSR count). The van der Waals surface area contributed by atoms with Gasteiger partial charge in [-0.1, -0.05) is 12.1 Å². The molecular weight excluding hydrogens is 222 g/mol.